The van der Waals surface area contributed by atoms with Crippen molar-refractivity contribution in [1.82, 2.24) is 0 Å². The van der Waals surface area contributed by atoms with E-state index in [0.29, 0.717) is 5.57 Å². The van der Waals surface area contributed by atoms with Crippen LogP contribution in [-0.4, -0.2) is 25.8 Å². The van der Waals surface area contributed by atoms with Crippen LogP contribution < -0.4 is 9.64 Å². The smallest absolute Gasteiger partial charge is 0.172 e. The molecule has 0 aromatic heterocycles. The van der Waals surface area contributed by atoms with Gasteiger partial charge in [-0.15, -0.1) is 0 Å². The number of unbranched alkanes of at least 4 members (excludes halogenated alkanes) is 2. The van der Waals surface area contributed by atoms with Gasteiger partial charge in [0.05, 0.1) is 7.11 Å². The van der Waals surface area contributed by atoms with Gasteiger partial charge in [0.15, 0.2) is 11.3 Å². The zero-order valence-electron chi connectivity index (χ0n) is 21.4. The Morgan fingerprint density at radius 3 is 2.20 bits per heavy atom. The number of hydrogen-bond acceptors (Lipinski definition) is 6. The first kappa shape index (κ1) is 27.3. The number of hydrogen-bond donors (Lipinski definition) is 0. The lowest BCUT2D eigenvalue weighted by Crippen LogP contribution is -2.25. The molecule has 0 aliphatic carbocycles. The van der Waals surface area contributed by atoms with Crippen LogP contribution in [0.2, 0.25) is 0 Å². The molecule has 0 unspecified atom stereocenters. The summed E-state index contributed by atoms with van der Waals surface area (Å²) in [6.07, 6.45) is 12.0. The summed E-state index contributed by atoms with van der Waals surface area (Å²) in [7, 11) is 1.67. The summed E-state index contributed by atoms with van der Waals surface area (Å²) in [5.41, 5.74) is 1.90. The van der Waals surface area contributed by atoms with Crippen molar-refractivity contribution in [1.29, 1.82) is 15.8 Å². The van der Waals surface area contributed by atoms with Gasteiger partial charge in [-0.2, -0.15) is 15.8 Å². The van der Waals surface area contributed by atoms with Gasteiger partial charge in [0, 0.05) is 36.0 Å². The van der Waals surface area contributed by atoms with E-state index in [9.17, 15) is 15.8 Å². The molecule has 2 rings (SSSR count). The standard InChI is InChI=1S/C29H34N4O2/c1-6-8-16-33(17-9-7-2)24-15-14-22(27(18-24)34-5)12-10-11-13-26-25(21-32)28(23(19-30)20-31)35-29(26,3)4/h10-15,18H,6-9,16-17H2,1-5H3. The Labute approximate surface area is 209 Å². The number of methoxy groups -OCH3 is 1. The molecule has 1 aliphatic rings. The van der Waals surface area contributed by atoms with Crippen molar-refractivity contribution in [3.63, 3.8) is 0 Å². The van der Waals surface area contributed by atoms with Gasteiger partial charge in [0.25, 0.3) is 0 Å². The molecule has 0 fully saturated rings. The van der Waals surface area contributed by atoms with Crippen LogP contribution in [0.25, 0.3) is 6.08 Å². The van der Waals surface area contributed by atoms with E-state index < -0.39 is 5.60 Å². The second kappa shape index (κ2) is 13.1. The van der Waals surface area contributed by atoms with Crippen molar-refractivity contribution >= 4 is 11.8 Å². The molecule has 35 heavy (non-hydrogen) atoms. The lowest BCUT2D eigenvalue weighted by Gasteiger charge is -2.25. The summed E-state index contributed by atoms with van der Waals surface area (Å²) in [4.78, 5) is 2.42. The molecule has 1 aliphatic heterocycles. The third kappa shape index (κ3) is 6.78. The van der Waals surface area contributed by atoms with Gasteiger partial charge in [0.2, 0.25) is 0 Å². The second-order valence-corrected chi connectivity index (χ2v) is 8.78. The zero-order valence-corrected chi connectivity index (χ0v) is 21.4. The minimum Gasteiger partial charge on any atom is -0.496 e. The van der Waals surface area contributed by atoms with Crippen molar-refractivity contribution in [2.75, 3.05) is 25.1 Å². The van der Waals surface area contributed by atoms with E-state index in [0.717, 1.165) is 55.8 Å². The first-order valence-electron chi connectivity index (χ1n) is 12.0. The maximum absolute atomic E-state index is 9.65. The van der Waals surface area contributed by atoms with E-state index >= 15 is 0 Å². The molecule has 0 saturated carbocycles. The van der Waals surface area contributed by atoms with Crippen LogP contribution in [0.5, 0.6) is 5.75 Å². The molecule has 6 heteroatoms. The van der Waals surface area contributed by atoms with Crippen LogP contribution in [0.4, 0.5) is 5.69 Å². The van der Waals surface area contributed by atoms with Crippen LogP contribution in [0.1, 0.15) is 58.9 Å². The maximum Gasteiger partial charge on any atom is 0.172 e. The molecule has 0 saturated heterocycles. The first-order chi connectivity index (χ1) is 16.9. The molecule has 0 N–H and O–H groups in total. The highest BCUT2D eigenvalue weighted by Crippen LogP contribution is 2.40. The van der Waals surface area contributed by atoms with Gasteiger partial charge < -0.3 is 14.4 Å². The first-order valence-corrected chi connectivity index (χ1v) is 12.0. The summed E-state index contributed by atoms with van der Waals surface area (Å²) in [5.74, 6) is 0.837. The molecule has 6 nitrogen and oxygen atoms in total. The molecular formula is C29H34N4O2. The fourth-order valence-electron chi connectivity index (χ4n) is 3.90. The largest absolute Gasteiger partial charge is 0.496 e. The molecule has 1 aromatic rings. The lowest BCUT2D eigenvalue weighted by molar-refractivity contribution is 0.0954. The average molecular weight is 471 g/mol. The minimum atomic E-state index is -0.830. The normalized spacial score (nSPS) is 14.5. The SMILES string of the molecule is CCCCN(CCCC)c1ccc(C=CC=CC2=C(C#N)C(=C(C#N)C#N)OC2(C)C)c(OC)c1. The van der Waals surface area contributed by atoms with Crippen LogP contribution in [-0.2, 0) is 4.74 Å². The quantitative estimate of drug-likeness (QED) is 0.267. The molecule has 1 aromatic carbocycles. The minimum absolute atomic E-state index is 0.0408. The van der Waals surface area contributed by atoms with E-state index in [2.05, 4.69) is 43.0 Å². The molecule has 0 amide bonds. The Balaban J connectivity index is 2.31. The number of ether oxygens (including phenoxy) is 2. The molecule has 0 bridgehead atoms. The van der Waals surface area contributed by atoms with E-state index in [4.69, 9.17) is 9.47 Å². The Morgan fingerprint density at radius 2 is 1.66 bits per heavy atom. The fourth-order valence-corrected chi connectivity index (χ4v) is 3.90. The Hall–Kier alpha value is -3.95. The average Bonchev–Trinajstić information content (AvgIpc) is 3.12. The number of anilines is 1. The van der Waals surface area contributed by atoms with Crippen molar-refractivity contribution < 1.29 is 9.47 Å². The van der Waals surface area contributed by atoms with Crippen molar-refractivity contribution in [2.24, 2.45) is 0 Å². The summed E-state index contributed by atoms with van der Waals surface area (Å²) < 4.78 is 11.5. The van der Waals surface area contributed by atoms with Crippen LogP contribution in [0.3, 0.4) is 0 Å². The summed E-state index contributed by atoms with van der Waals surface area (Å²) in [6.45, 7) is 10.1. The highest BCUT2D eigenvalue weighted by Gasteiger charge is 2.38. The number of rotatable bonds is 11. The number of nitrogens with zero attached hydrogens (tertiary/aromatic N) is 4. The van der Waals surface area contributed by atoms with Crippen LogP contribution in [0, 0.1) is 34.0 Å². The fraction of sp³-hybridized carbons (Fsp3) is 0.414. The van der Waals surface area contributed by atoms with Gasteiger partial charge in [0.1, 0.15) is 35.1 Å². The molecule has 0 atom stereocenters. The third-order valence-corrected chi connectivity index (χ3v) is 5.86. The van der Waals surface area contributed by atoms with Crippen LogP contribution in [0.15, 0.2) is 58.9 Å². The molecular weight excluding hydrogens is 436 g/mol. The highest BCUT2D eigenvalue weighted by molar-refractivity contribution is 5.65. The maximum atomic E-state index is 9.65. The summed E-state index contributed by atoms with van der Waals surface area (Å²) >= 11 is 0. The molecule has 1 heterocycles. The van der Waals surface area contributed by atoms with E-state index in [-0.39, 0.29) is 16.9 Å². The van der Waals surface area contributed by atoms with Crippen LogP contribution >= 0.6 is 0 Å². The Bertz CT molecular complexity index is 1130. The zero-order chi connectivity index (χ0) is 25.8. The topological polar surface area (TPSA) is 93.1 Å². The monoisotopic (exact) mass is 470 g/mol. The van der Waals surface area contributed by atoms with Gasteiger partial charge in [-0.25, -0.2) is 0 Å². The Kier molecular flexibility index (Phi) is 10.2. The molecule has 182 valence electrons. The predicted octanol–water partition coefficient (Wildman–Crippen LogP) is 6.60. The summed E-state index contributed by atoms with van der Waals surface area (Å²) in [6, 6.07) is 12.0. The van der Waals surface area contributed by atoms with E-state index in [1.54, 1.807) is 39.2 Å². The van der Waals surface area contributed by atoms with Gasteiger partial charge in [-0.1, -0.05) is 51.0 Å². The van der Waals surface area contributed by atoms with Gasteiger partial charge in [-0.05, 0) is 38.8 Å². The Morgan fingerprint density at radius 1 is 1.03 bits per heavy atom. The second-order valence-electron chi connectivity index (χ2n) is 8.78. The van der Waals surface area contributed by atoms with E-state index in [1.165, 1.54) is 0 Å². The number of allylic oxidation sites excluding steroid dienone is 4. The van der Waals surface area contributed by atoms with E-state index in [1.807, 2.05) is 18.2 Å². The third-order valence-electron chi connectivity index (χ3n) is 5.86. The van der Waals surface area contributed by atoms with Crippen molar-refractivity contribution in [3.05, 3.63) is 64.5 Å². The lowest BCUT2D eigenvalue weighted by atomic mass is 9.94. The number of nitriles is 3. The van der Waals surface area contributed by atoms with Crippen molar-refractivity contribution in [2.45, 2.75) is 59.0 Å². The van der Waals surface area contributed by atoms with Gasteiger partial charge >= 0.3 is 0 Å². The highest BCUT2D eigenvalue weighted by atomic mass is 16.5. The summed E-state index contributed by atoms with van der Waals surface area (Å²) in [5, 5.41) is 28.0. The van der Waals surface area contributed by atoms with Gasteiger partial charge in [-0.3, -0.25) is 0 Å². The predicted molar refractivity (Wildman–Crippen MR) is 139 cm³/mol. The molecule has 0 spiro atoms. The van der Waals surface area contributed by atoms with Crippen molar-refractivity contribution in [3.8, 4) is 24.0 Å². The number of benzene rings is 1. The molecule has 0 radical (unpaired) electrons.